The van der Waals surface area contributed by atoms with Crippen LogP contribution in [0.3, 0.4) is 0 Å². The lowest BCUT2D eigenvalue weighted by Gasteiger charge is -2.03. The Bertz CT molecular complexity index is 372. The van der Waals surface area contributed by atoms with Gasteiger partial charge in [-0.1, -0.05) is 37.6 Å². The first-order chi connectivity index (χ1) is 9.09. The Morgan fingerprint density at radius 3 is 3.05 bits per heavy atom. The van der Waals surface area contributed by atoms with Crippen LogP contribution in [-0.4, -0.2) is 23.0 Å². The summed E-state index contributed by atoms with van der Waals surface area (Å²) in [4.78, 5) is 15.1. The highest BCUT2D eigenvalue weighted by Crippen LogP contribution is 2.13. The third kappa shape index (κ3) is 6.79. The van der Waals surface area contributed by atoms with Crippen LogP contribution in [0.5, 0.6) is 0 Å². The molecule has 0 aromatic rings. The van der Waals surface area contributed by atoms with Crippen molar-refractivity contribution in [2.45, 2.75) is 51.5 Å². The Labute approximate surface area is 115 Å². The quantitative estimate of drug-likeness (QED) is 0.724. The van der Waals surface area contributed by atoms with E-state index in [0.717, 1.165) is 31.5 Å². The van der Waals surface area contributed by atoms with E-state index in [1.807, 2.05) is 18.2 Å². The first-order valence-electron chi connectivity index (χ1n) is 6.98. The van der Waals surface area contributed by atoms with Crippen LogP contribution in [0, 0.1) is 5.92 Å². The third-order valence-electron chi connectivity index (χ3n) is 3.28. The standard InChI is InChI=1S/C15H24N2O2/c1-12(15(18)19)8-4-2-3-5-9-13-10-6-7-11-14(16)17-13/h2-3,5,9,12-13H,4,6-8,10-11H2,1H3,(H2,16,17)(H,18,19)/b3-2?,9-5+. The maximum absolute atomic E-state index is 10.6. The minimum absolute atomic E-state index is 0.199. The first-order valence-corrected chi connectivity index (χ1v) is 6.98. The van der Waals surface area contributed by atoms with Crippen molar-refractivity contribution in [1.82, 2.24) is 0 Å². The minimum atomic E-state index is -0.729. The maximum atomic E-state index is 10.6. The number of carboxylic acids is 1. The minimum Gasteiger partial charge on any atom is -0.481 e. The van der Waals surface area contributed by atoms with E-state index >= 15 is 0 Å². The van der Waals surface area contributed by atoms with Crippen molar-refractivity contribution < 1.29 is 9.90 Å². The predicted octanol–water partition coefficient (Wildman–Crippen LogP) is 2.90. The molecule has 1 aliphatic heterocycles. The third-order valence-corrected chi connectivity index (χ3v) is 3.28. The smallest absolute Gasteiger partial charge is 0.306 e. The summed E-state index contributed by atoms with van der Waals surface area (Å²) in [5.41, 5.74) is 5.78. The molecule has 1 aliphatic rings. The molecule has 0 amide bonds. The number of rotatable bonds is 6. The Morgan fingerprint density at radius 1 is 1.53 bits per heavy atom. The molecule has 0 aromatic carbocycles. The van der Waals surface area contributed by atoms with E-state index in [4.69, 9.17) is 10.8 Å². The molecular formula is C15H24N2O2. The van der Waals surface area contributed by atoms with Crippen LogP contribution in [0.4, 0.5) is 0 Å². The number of amidine groups is 1. The van der Waals surface area contributed by atoms with Crippen LogP contribution in [-0.2, 0) is 4.79 Å². The number of nitrogens with zero attached hydrogens (tertiary/aromatic N) is 1. The Morgan fingerprint density at radius 2 is 2.32 bits per heavy atom. The van der Waals surface area contributed by atoms with E-state index in [1.165, 1.54) is 6.42 Å². The van der Waals surface area contributed by atoms with Gasteiger partial charge in [0.15, 0.2) is 0 Å². The van der Waals surface area contributed by atoms with E-state index in [0.29, 0.717) is 6.42 Å². The van der Waals surface area contributed by atoms with Gasteiger partial charge in [-0.15, -0.1) is 0 Å². The zero-order valence-corrected chi connectivity index (χ0v) is 11.6. The lowest BCUT2D eigenvalue weighted by molar-refractivity contribution is -0.141. The molecule has 0 spiro atoms. The molecule has 2 unspecified atom stereocenters. The van der Waals surface area contributed by atoms with Crippen LogP contribution in [0.25, 0.3) is 0 Å². The van der Waals surface area contributed by atoms with Gasteiger partial charge in [0.05, 0.1) is 17.8 Å². The molecule has 4 nitrogen and oxygen atoms in total. The van der Waals surface area contributed by atoms with Gasteiger partial charge < -0.3 is 10.8 Å². The fourth-order valence-corrected chi connectivity index (χ4v) is 1.98. The van der Waals surface area contributed by atoms with Crippen LogP contribution >= 0.6 is 0 Å². The molecule has 0 fully saturated rings. The molecule has 0 saturated heterocycles. The molecule has 1 heterocycles. The van der Waals surface area contributed by atoms with E-state index in [2.05, 4.69) is 11.1 Å². The summed E-state index contributed by atoms with van der Waals surface area (Å²) in [7, 11) is 0. The summed E-state index contributed by atoms with van der Waals surface area (Å²) in [6.45, 7) is 1.73. The van der Waals surface area contributed by atoms with Crippen LogP contribution in [0.1, 0.15) is 45.4 Å². The average Bonchev–Trinajstić information content (AvgIpc) is 2.57. The number of carboxylic acid groups (broad SMARTS) is 1. The molecule has 0 aromatic heterocycles. The van der Waals surface area contributed by atoms with Crippen molar-refractivity contribution in [3.8, 4) is 0 Å². The van der Waals surface area contributed by atoms with Gasteiger partial charge in [-0.3, -0.25) is 9.79 Å². The van der Waals surface area contributed by atoms with Gasteiger partial charge >= 0.3 is 5.97 Å². The second-order valence-electron chi connectivity index (χ2n) is 5.06. The lowest BCUT2D eigenvalue weighted by Crippen LogP contribution is -2.12. The Hall–Kier alpha value is -1.58. The average molecular weight is 264 g/mol. The molecule has 4 heteroatoms. The fourth-order valence-electron chi connectivity index (χ4n) is 1.98. The van der Waals surface area contributed by atoms with Gasteiger partial charge in [0.1, 0.15) is 0 Å². The largest absolute Gasteiger partial charge is 0.481 e. The molecule has 19 heavy (non-hydrogen) atoms. The van der Waals surface area contributed by atoms with Crippen molar-refractivity contribution in [1.29, 1.82) is 0 Å². The van der Waals surface area contributed by atoms with Gasteiger partial charge in [-0.2, -0.15) is 0 Å². The maximum Gasteiger partial charge on any atom is 0.306 e. The molecule has 0 radical (unpaired) electrons. The summed E-state index contributed by atoms with van der Waals surface area (Å²) in [5.74, 6) is -0.251. The molecule has 1 rings (SSSR count). The van der Waals surface area contributed by atoms with Crippen molar-refractivity contribution >= 4 is 11.8 Å². The molecule has 0 saturated carbocycles. The number of aliphatic imine (C=N–C) groups is 1. The summed E-state index contributed by atoms with van der Waals surface area (Å²) in [5, 5.41) is 8.74. The SMILES string of the molecule is CC(CCC=C/C=C/C1CCCCC(N)=N1)C(=O)O. The number of aliphatic carboxylic acids is 1. The second kappa shape index (κ2) is 8.51. The van der Waals surface area contributed by atoms with Gasteiger partial charge in [0, 0.05) is 6.42 Å². The van der Waals surface area contributed by atoms with Crippen LogP contribution in [0.2, 0.25) is 0 Å². The van der Waals surface area contributed by atoms with Gasteiger partial charge in [0.2, 0.25) is 0 Å². The number of allylic oxidation sites excluding steroid dienone is 3. The first kappa shape index (κ1) is 15.5. The summed E-state index contributed by atoms with van der Waals surface area (Å²) in [6.07, 6.45) is 13.7. The topological polar surface area (TPSA) is 75.7 Å². The van der Waals surface area contributed by atoms with Crippen molar-refractivity contribution in [3.05, 3.63) is 24.3 Å². The summed E-state index contributed by atoms with van der Waals surface area (Å²) >= 11 is 0. The number of carbonyl (C=O) groups is 1. The van der Waals surface area contributed by atoms with E-state index in [1.54, 1.807) is 6.92 Å². The Kier molecular flexibility index (Phi) is 6.93. The number of hydrogen-bond acceptors (Lipinski definition) is 3. The fraction of sp³-hybridized carbons (Fsp3) is 0.600. The van der Waals surface area contributed by atoms with E-state index in [-0.39, 0.29) is 12.0 Å². The predicted molar refractivity (Wildman–Crippen MR) is 78.2 cm³/mol. The Balaban J connectivity index is 2.29. The van der Waals surface area contributed by atoms with Crippen LogP contribution in [0.15, 0.2) is 29.3 Å². The molecule has 3 N–H and O–H groups in total. The summed E-state index contributed by atoms with van der Waals surface area (Å²) < 4.78 is 0. The molecular weight excluding hydrogens is 240 g/mol. The van der Waals surface area contributed by atoms with Gasteiger partial charge in [-0.25, -0.2) is 0 Å². The molecule has 0 aliphatic carbocycles. The zero-order chi connectivity index (χ0) is 14.1. The number of nitrogens with two attached hydrogens (primary N) is 1. The summed E-state index contributed by atoms with van der Waals surface area (Å²) in [6, 6.07) is 0.199. The highest BCUT2D eigenvalue weighted by atomic mass is 16.4. The van der Waals surface area contributed by atoms with Gasteiger partial charge in [0.25, 0.3) is 0 Å². The second-order valence-corrected chi connectivity index (χ2v) is 5.06. The van der Waals surface area contributed by atoms with Gasteiger partial charge in [-0.05, 0) is 25.7 Å². The van der Waals surface area contributed by atoms with Crippen molar-refractivity contribution in [3.63, 3.8) is 0 Å². The molecule has 0 bridgehead atoms. The zero-order valence-electron chi connectivity index (χ0n) is 11.6. The van der Waals surface area contributed by atoms with Crippen molar-refractivity contribution in [2.24, 2.45) is 16.6 Å². The highest BCUT2D eigenvalue weighted by Gasteiger charge is 2.09. The molecule has 2 atom stereocenters. The highest BCUT2D eigenvalue weighted by molar-refractivity contribution is 5.80. The van der Waals surface area contributed by atoms with Crippen molar-refractivity contribution in [2.75, 3.05) is 0 Å². The lowest BCUT2D eigenvalue weighted by atomic mass is 10.1. The van der Waals surface area contributed by atoms with E-state index in [9.17, 15) is 4.79 Å². The van der Waals surface area contributed by atoms with Crippen LogP contribution < -0.4 is 5.73 Å². The number of hydrogen-bond donors (Lipinski definition) is 2. The normalized spacial score (nSPS) is 22.4. The monoisotopic (exact) mass is 264 g/mol. The molecule has 106 valence electrons. The van der Waals surface area contributed by atoms with E-state index < -0.39 is 5.97 Å².